The van der Waals surface area contributed by atoms with Crippen LogP contribution in [-0.2, 0) is 15.1 Å². The molecule has 2 rings (SSSR count). The maximum atomic E-state index is 12.3. The number of hydrogen-bond acceptors (Lipinski definition) is 4. The zero-order valence-corrected chi connectivity index (χ0v) is 11.8. The summed E-state index contributed by atoms with van der Waals surface area (Å²) in [5.74, 6) is -2.06. The van der Waals surface area contributed by atoms with Gasteiger partial charge < -0.3 is 15.8 Å². The quantitative estimate of drug-likeness (QED) is 0.798. The number of imide groups is 1. The number of nitrogens with zero attached hydrogens (tertiary/aromatic N) is 1. The minimum atomic E-state index is -4.83. The zero-order valence-electron chi connectivity index (χ0n) is 11.8. The van der Waals surface area contributed by atoms with Crippen molar-refractivity contribution in [2.24, 2.45) is 5.73 Å². The predicted molar refractivity (Wildman–Crippen MR) is 69.9 cm³/mol. The largest absolute Gasteiger partial charge is 0.573 e. The fourth-order valence-electron chi connectivity index (χ4n) is 2.18. The molecule has 1 unspecified atom stereocenters. The lowest BCUT2D eigenvalue weighted by Crippen LogP contribution is -2.42. The second-order valence-electron chi connectivity index (χ2n) is 4.98. The van der Waals surface area contributed by atoms with Gasteiger partial charge in [-0.3, -0.25) is 14.5 Å². The molecular formula is C13H12F3N3O4. The lowest BCUT2D eigenvalue weighted by molar-refractivity contribution is -0.274. The third-order valence-electron chi connectivity index (χ3n) is 3.25. The predicted octanol–water partition coefficient (Wildman–Crippen LogP) is 0.837. The maximum absolute atomic E-state index is 12.3. The first-order chi connectivity index (χ1) is 10.5. The second-order valence-corrected chi connectivity index (χ2v) is 4.98. The molecule has 10 heteroatoms. The molecule has 0 bridgehead atoms. The average molecular weight is 331 g/mol. The molecule has 1 aromatic rings. The van der Waals surface area contributed by atoms with E-state index in [1.54, 1.807) is 0 Å². The summed E-state index contributed by atoms with van der Waals surface area (Å²) < 4.78 is 40.1. The van der Waals surface area contributed by atoms with Gasteiger partial charge in [-0.1, -0.05) is 12.1 Å². The molecule has 4 amide bonds. The van der Waals surface area contributed by atoms with Gasteiger partial charge in [0.1, 0.15) is 17.8 Å². The molecule has 124 valence electrons. The van der Waals surface area contributed by atoms with E-state index in [0.717, 1.165) is 12.1 Å². The summed E-state index contributed by atoms with van der Waals surface area (Å²) >= 11 is 0. The second kappa shape index (κ2) is 5.45. The molecule has 1 aliphatic heterocycles. The highest BCUT2D eigenvalue weighted by atomic mass is 19.4. The average Bonchev–Trinajstić information content (AvgIpc) is 2.62. The Kier molecular flexibility index (Phi) is 3.93. The summed E-state index contributed by atoms with van der Waals surface area (Å²) in [6.07, 6.45) is -4.83. The number of nitrogens with two attached hydrogens (primary N) is 1. The number of hydrogen-bond donors (Lipinski definition) is 2. The monoisotopic (exact) mass is 331 g/mol. The van der Waals surface area contributed by atoms with Gasteiger partial charge in [0.15, 0.2) is 0 Å². The Morgan fingerprint density at radius 1 is 1.30 bits per heavy atom. The van der Waals surface area contributed by atoms with Crippen molar-refractivity contribution in [2.75, 3.05) is 6.54 Å². The van der Waals surface area contributed by atoms with Crippen LogP contribution in [0, 0.1) is 0 Å². The van der Waals surface area contributed by atoms with E-state index in [1.165, 1.54) is 19.1 Å². The topological polar surface area (TPSA) is 102 Å². The van der Waals surface area contributed by atoms with Gasteiger partial charge in [-0.05, 0) is 24.6 Å². The molecule has 23 heavy (non-hydrogen) atoms. The number of rotatable bonds is 4. The highest BCUT2D eigenvalue weighted by Crippen LogP contribution is 2.31. The summed E-state index contributed by atoms with van der Waals surface area (Å²) in [5, 5.41) is 2.39. The number of ether oxygens (including phenoxy) is 1. The molecule has 0 aliphatic carbocycles. The van der Waals surface area contributed by atoms with E-state index < -0.39 is 42.0 Å². The number of carbonyl (C=O) groups excluding carboxylic acids is 3. The van der Waals surface area contributed by atoms with Crippen molar-refractivity contribution in [3.8, 4) is 5.75 Å². The third-order valence-corrected chi connectivity index (χ3v) is 3.25. The fourth-order valence-corrected chi connectivity index (χ4v) is 2.18. The third kappa shape index (κ3) is 3.35. The molecule has 7 nitrogen and oxygen atoms in total. The highest BCUT2D eigenvalue weighted by molar-refractivity contribution is 6.09. The first-order valence-corrected chi connectivity index (χ1v) is 6.31. The van der Waals surface area contributed by atoms with Crippen molar-refractivity contribution < 1.29 is 32.3 Å². The van der Waals surface area contributed by atoms with Crippen LogP contribution in [0.15, 0.2) is 24.3 Å². The van der Waals surface area contributed by atoms with E-state index in [2.05, 4.69) is 10.1 Å². The summed E-state index contributed by atoms with van der Waals surface area (Å²) in [7, 11) is 0. The van der Waals surface area contributed by atoms with E-state index in [1.807, 2.05) is 0 Å². The van der Waals surface area contributed by atoms with Crippen LogP contribution in [0.5, 0.6) is 5.75 Å². The van der Waals surface area contributed by atoms with Crippen LogP contribution in [0.1, 0.15) is 12.5 Å². The van der Waals surface area contributed by atoms with Crippen molar-refractivity contribution in [3.63, 3.8) is 0 Å². The standard InChI is InChI=1S/C13H12F3N3O4/c1-12(10(21)19(6-9(17)20)11(22)18-12)7-2-4-8(5-3-7)23-13(14,15)16/h2-5H,6H2,1H3,(H2,17,20)(H,18,22). The van der Waals surface area contributed by atoms with E-state index in [4.69, 9.17) is 5.73 Å². The molecule has 0 radical (unpaired) electrons. The molecule has 3 N–H and O–H groups in total. The van der Waals surface area contributed by atoms with Gasteiger partial charge in [0, 0.05) is 0 Å². The number of benzene rings is 1. The number of halogens is 3. The molecule has 1 heterocycles. The van der Waals surface area contributed by atoms with E-state index in [-0.39, 0.29) is 5.56 Å². The van der Waals surface area contributed by atoms with Crippen molar-refractivity contribution in [1.82, 2.24) is 10.2 Å². The Bertz CT molecular complexity index is 659. The Morgan fingerprint density at radius 2 is 1.87 bits per heavy atom. The van der Waals surface area contributed by atoms with Gasteiger partial charge >= 0.3 is 12.4 Å². The van der Waals surface area contributed by atoms with Crippen molar-refractivity contribution in [3.05, 3.63) is 29.8 Å². The lowest BCUT2D eigenvalue weighted by Gasteiger charge is -2.22. The number of carbonyl (C=O) groups is 3. The van der Waals surface area contributed by atoms with Crippen LogP contribution in [0.25, 0.3) is 0 Å². The first-order valence-electron chi connectivity index (χ1n) is 6.31. The maximum Gasteiger partial charge on any atom is 0.573 e. The van der Waals surface area contributed by atoms with Gasteiger partial charge in [0.05, 0.1) is 0 Å². The number of amides is 4. The van der Waals surface area contributed by atoms with Crippen LogP contribution >= 0.6 is 0 Å². The minimum Gasteiger partial charge on any atom is -0.406 e. The molecule has 0 spiro atoms. The summed E-state index contributed by atoms with van der Waals surface area (Å²) in [6, 6.07) is 3.65. The Balaban J connectivity index is 2.25. The Hall–Kier alpha value is -2.78. The molecule has 0 saturated carbocycles. The molecular weight excluding hydrogens is 319 g/mol. The zero-order chi connectivity index (χ0) is 17.4. The van der Waals surface area contributed by atoms with E-state index in [9.17, 15) is 27.6 Å². The van der Waals surface area contributed by atoms with Gasteiger partial charge in [0.2, 0.25) is 5.91 Å². The number of urea groups is 1. The van der Waals surface area contributed by atoms with Gasteiger partial charge in [0.25, 0.3) is 5.91 Å². The summed E-state index contributed by atoms with van der Waals surface area (Å²) in [5.41, 5.74) is 3.69. The highest BCUT2D eigenvalue weighted by Gasteiger charge is 2.49. The first kappa shape index (κ1) is 16.6. The van der Waals surface area contributed by atoms with Crippen molar-refractivity contribution >= 4 is 17.8 Å². The van der Waals surface area contributed by atoms with Crippen molar-refractivity contribution in [2.45, 2.75) is 18.8 Å². The summed E-state index contributed by atoms with van der Waals surface area (Å²) in [4.78, 5) is 35.6. The molecule has 1 atom stereocenters. The molecule has 1 saturated heterocycles. The van der Waals surface area contributed by atoms with Gasteiger partial charge in [-0.15, -0.1) is 13.2 Å². The molecule has 1 fully saturated rings. The van der Waals surface area contributed by atoms with Gasteiger partial charge in [-0.2, -0.15) is 0 Å². The summed E-state index contributed by atoms with van der Waals surface area (Å²) in [6.45, 7) is 0.781. The smallest absolute Gasteiger partial charge is 0.406 e. The van der Waals surface area contributed by atoms with Crippen LogP contribution in [0.2, 0.25) is 0 Å². The Labute approximate surface area is 128 Å². The molecule has 0 aromatic heterocycles. The number of alkyl halides is 3. The molecule has 1 aromatic carbocycles. The lowest BCUT2D eigenvalue weighted by atomic mass is 9.92. The Morgan fingerprint density at radius 3 is 2.35 bits per heavy atom. The van der Waals surface area contributed by atoms with Crippen LogP contribution in [0.4, 0.5) is 18.0 Å². The van der Waals surface area contributed by atoms with Crippen LogP contribution in [-0.4, -0.2) is 35.7 Å². The normalized spacial score (nSPS) is 21.3. The minimum absolute atomic E-state index is 0.234. The number of primary amides is 1. The van der Waals surface area contributed by atoms with E-state index >= 15 is 0 Å². The van der Waals surface area contributed by atoms with Crippen LogP contribution < -0.4 is 15.8 Å². The fraction of sp³-hybridized carbons (Fsp3) is 0.308. The van der Waals surface area contributed by atoms with Crippen LogP contribution in [0.3, 0.4) is 0 Å². The SMILES string of the molecule is CC1(c2ccc(OC(F)(F)F)cc2)NC(=O)N(CC(N)=O)C1=O. The number of nitrogens with one attached hydrogen (secondary N) is 1. The van der Waals surface area contributed by atoms with Crippen molar-refractivity contribution in [1.29, 1.82) is 0 Å². The van der Waals surface area contributed by atoms with Gasteiger partial charge in [-0.25, -0.2) is 4.79 Å². The molecule has 1 aliphatic rings. The van der Waals surface area contributed by atoms with E-state index in [0.29, 0.717) is 4.90 Å².